The van der Waals surface area contributed by atoms with Crippen LogP contribution in [0.3, 0.4) is 0 Å². The number of hydrogen-bond acceptors (Lipinski definition) is 5. The molecule has 0 aliphatic heterocycles. The summed E-state index contributed by atoms with van der Waals surface area (Å²) in [6.07, 6.45) is 1.51. The van der Waals surface area contributed by atoms with Crippen LogP contribution in [0.25, 0.3) is 10.9 Å². The van der Waals surface area contributed by atoms with Crippen molar-refractivity contribution in [2.75, 3.05) is 17.6 Å². The Hall–Kier alpha value is -3.14. The summed E-state index contributed by atoms with van der Waals surface area (Å²) < 4.78 is 59.2. The quantitative estimate of drug-likeness (QED) is 0.601. The molecule has 0 aliphatic rings. The summed E-state index contributed by atoms with van der Waals surface area (Å²) in [6.45, 7) is 0. The summed E-state index contributed by atoms with van der Waals surface area (Å²) >= 11 is 0. The molecule has 0 bridgehead atoms. The Morgan fingerprint density at radius 3 is 2.62 bits per heavy atom. The lowest BCUT2D eigenvalue weighted by Gasteiger charge is -2.11. The van der Waals surface area contributed by atoms with E-state index in [1.165, 1.54) is 24.4 Å². The zero-order chi connectivity index (χ0) is 19.1. The number of aromatic nitrogens is 1. The molecule has 0 fully saturated rings. The number of carbonyl (C=O) groups is 1. The number of fused-ring (bicyclic) bond motifs is 1. The van der Waals surface area contributed by atoms with Gasteiger partial charge in [-0.2, -0.15) is 0 Å². The fourth-order valence-corrected chi connectivity index (χ4v) is 3.47. The zero-order valence-electron chi connectivity index (χ0n) is 13.3. The number of esters is 1. The first-order valence-corrected chi connectivity index (χ1v) is 8.68. The van der Waals surface area contributed by atoms with Gasteiger partial charge in [0.1, 0.15) is 11.6 Å². The lowest BCUT2D eigenvalue weighted by molar-refractivity contribution is 0.0595. The average molecular weight is 381 g/mol. The highest BCUT2D eigenvalue weighted by Crippen LogP contribution is 2.26. The maximum absolute atomic E-state index is 14.1. The fourth-order valence-electron chi connectivity index (χ4n) is 2.39. The number of aromatic amines is 1. The number of hydrogen-bond donors (Lipinski definition) is 3. The van der Waals surface area contributed by atoms with Crippen molar-refractivity contribution < 1.29 is 26.7 Å². The van der Waals surface area contributed by atoms with Crippen LogP contribution in [0.2, 0.25) is 0 Å². The van der Waals surface area contributed by atoms with Crippen molar-refractivity contribution in [1.82, 2.24) is 4.98 Å². The molecule has 0 saturated carbocycles. The SMILES string of the molecule is COC(=O)c1cc(F)c(NS(=O)(=O)c2ccc3c(N)c[nH]c3c2)cc1F. The Morgan fingerprint density at radius 1 is 1.19 bits per heavy atom. The molecule has 0 radical (unpaired) electrons. The highest BCUT2D eigenvalue weighted by molar-refractivity contribution is 7.92. The molecule has 0 amide bonds. The van der Waals surface area contributed by atoms with Crippen LogP contribution in [0.5, 0.6) is 0 Å². The number of benzene rings is 2. The fraction of sp³-hybridized carbons (Fsp3) is 0.0625. The average Bonchev–Trinajstić information content (AvgIpc) is 2.97. The monoisotopic (exact) mass is 381 g/mol. The van der Waals surface area contributed by atoms with Gasteiger partial charge in [0.05, 0.1) is 28.9 Å². The highest BCUT2D eigenvalue weighted by atomic mass is 32.2. The van der Waals surface area contributed by atoms with Crippen molar-refractivity contribution in [1.29, 1.82) is 0 Å². The van der Waals surface area contributed by atoms with Gasteiger partial charge in [0.25, 0.3) is 10.0 Å². The number of methoxy groups -OCH3 is 1. The van der Waals surface area contributed by atoms with Gasteiger partial charge in [-0.05, 0) is 24.3 Å². The lowest BCUT2D eigenvalue weighted by Crippen LogP contribution is -2.15. The predicted molar refractivity (Wildman–Crippen MR) is 91.2 cm³/mol. The summed E-state index contributed by atoms with van der Waals surface area (Å²) in [4.78, 5) is 14.0. The van der Waals surface area contributed by atoms with E-state index in [9.17, 15) is 22.0 Å². The molecular weight excluding hydrogens is 368 g/mol. The zero-order valence-corrected chi connectivity index (χ0v) is 14.2. The maximum atomic E-state index is 14.1. The first-order chi connectivity index (χ1) is 12.2. The molecule has 0 atom stereocenters. The molecule has 26 heavy (non-hydrogen) atoms. The van der Waals surface area contributed by atoms with Gasteiger partial charge < -0.3 is 15.5 Å². The van der Waals surface area contributed by atoms with Gasteiger partial charge >= 0.3 is 5.97 Å². The molecule has 1 heterocycles. The number of carbonyl (C=O) groups excluding carboxylic acids is 1. The highest BCUT2D eigenvalue weighted by Gasteiger charge is 2.21. The molecule has 0 saturated heterocycles. The van der Waals surface area contributed by atoms with Gasteiger partial charge in [-0.3, -0.25) is 4.72 Å². The Labute approximate surface area is 146 Å². The van der Waals surface area contributed by atoms with E-state index >= 15 is 0 Å². The number of sulfonamides is 1. The minimum absolute atomic E-state index is 0.177. The van der Waals surface area contributed by atoms with E-state index < -0.39 is 38.9 Å². The first kappa shape index (κ1) is 17.7. The third-order valence-corrected chi connectivity index (χ3v) is 5.07. The van der Waals surface area contributed by atoms with E-state index in [1.807, 2.05) is 4.72 Å². The number of anilines is 2. The van der Waals surface area contributed by atoms with Crippen molar-refractivity contribution >= 4 is 38.3 Å². The van der Waals surface area contributed by atoms with E-state index in [1.54, 1.807) is 0 Å². The first-order valence-electron chi connectivity index (χ1n) is 7.19. The second-order valence-corrected chi connectivity index (χ2v) is 7.04. The Bertz CT molecular complexity index is 1130. The van der Waals surface area contributed by atoms with E-state index in [4.69, 9.17) is 5.73 Å². The van der Waals surface area contributed by atoms with Crippen LogP contribution in [0, 0.1) is 11.6 Å². The van der Waals surface area contributed by atoms with E-state index in [-0.39, 0.29) is 4.90 Å². The number of rotatable bonds is 4. The van der Waals surface area contributed by atoms with Crippen LogP contribution in [-0.4, -0.2) is 26.5 Å². The van der Waals surface area contributed by atoms with Gasteiger partial charge in [0.2, 0.25) is 0 Å². The minimum Gasteiger partial charge on any atom is -0.465 e. The standard InChI is InChI=1S/C16H13F2N3O4S/c1-25-16(22)10-5-12(18)15(6-11(10)17)21-26(23,24)8-2-3-9-13(19)7-20-14(9)4-8/h2-7,20-21H,19H2,1H3. The Kier molecular flexibility index (Phi) is 4.28. The molecule has 0 unspecified atom stereocenters. The topological polar surface area (TPSA) is 114 Å². The molecule has 4 N–H and O–H groups in total. The summed E-state index contributed by atoms with van der Waals surface area (Å²) in [7, 11) is -3.19. The predicted octanol–water partition coefficient (Wildman–Crippen LogP) is 2.62. The summed E-state index contributed by atoms with van der Waals surface area (Å²) in [5.74, 6) is -3.32. The molecule has 7 nitrogen and oxygen atoms in total. The van der Waals surface area contributed by atoms with Crippen LogP contribution in [0.15, 0.2) is 41.4 Å². The van der Waals surface area contributed by atoms with Gasteiger partial charge in [0, 0.05) is 23.2 Å². The molecule has 2 aromatic carbocycles. The molecule has 0 spiro atoms. The molecule has 10 heteroatoms. The van der Waals surface area contributed by atoms with Crippen LogP contribution < -0.4 is 10.5 Å². The lowest BCUT2D eigenvalue weighted by atomic mass is 10.2. The van der Waals surface area contributed by atoms with Crippen molar-refractivity contribution in [2.24, 2.45) is 0 Å². The van der Waals surface area contributed by atoms with Gasteiger partial charge in [-0.1, -0.05) is 0 Å². The van der Waals surface area contributed by atoms with E-state index in [0.29, 0.717) is 28.7 Å². The Morgan fingerprint density at radius 2 is 1.92 bits per heavy atom. The van der Waals surface area contributed by atoms with E-state index in [2.05, 4.69) is 9.72 Å². The van der Waals surface area contributed by atoms with Crippen molar-refractivity contribution in [3.63, 3.8) is 0 Å². The van der Waals surface area contributed by atoms with Gasteiger partial charge in [0.15, 0.2) is 0 Å². The third-order valence-electron chi connectivity index (χ3n) is 3.70. The summed E-state index contributed by atoms with van der Waals surface area (Å²) in [6, 6.07) is 5.22. The van der Waals surface area contributed by atoms with Crippen LogP contribution in [-0.2, 0) is 14.8 Å². The number of ether oxygens (including phenoxy) is 1. The molecular formula is C16H13F2N3O4S. The van der Waals surface area contributed by atoms with Crippen molar-refractivity contribution in [2.45, 2.75) is 4.90 Å². The van der Waals surface area contributed by atoms with Gasteiger partial charge in [-0.25, -0.2) is 22.0 Å². The molecule has 136 valence electrons. The Balaban J connectivity index is 1.98. The number of halogens is 2. The normalized spacial score (nSPS) is 11.5. The van der Waals surface area contributed by atoms with Crippen LogP contribution in [0.4, 0.5) is 20.2 Å². The second kappa shape index (κ2) is 6.30. The molecule has 3 aromatic rings. The molecule has 0 aliphatic carbocycles. The number of nitrogens with two attached hydrogens (primary N) is 1. The third kappa shape index (κ3) is 3.06. The molecule has 3 rings (SSSR count). The number of H-pyrrole nitrogens is 1. The van der Waals surface area contributed by atoms with Crippen LogP contribution in [0.1, 0.15) is 10.4 Å². The van der Waals surface area contributed by atoms with Gasteiger partial charge in [-0.15, -0.1) is 0 Å². The summed E-state index contributed by atoms with van der Waals surface area (Å²) in [5.41, 5.74) is 5.36. The smallest absolute Gasteiger partial charge is 0.340 e. The molecule has 1 aromatic heterocycles. The van der Waals surface area contributed by atoms with Crippen molar-refractivity contribution in [3.05, 3.63) is 53.7 Å². The van der Waals surface area contributed by atoms with Crippen molar-refractivity contribution in [3.8, 4) is 0 Å². The summed E-state index contributed by atoms with van der Waals surface area (Å²) in [5, 5.41) is 0.628. The van der Waals surface area contributed by atoms with E-state index in [0.717, 1.165) is 7.11 Å². The maximum Gasteiger partial charge on any atom is 0.340 e. The minimum atomic E-state index is -4.21. The van der Waals surface area contributed by atoms with Crippen LogP contribution >= 0.6 is 0 Å². The second-order valence-electron chi connectivity index (χ2n) is 5.36. The number of nitrogens with one attached hydrogen (secondary N) is 2. The number of nitrogen functional groups attached to an aromatic ring is 1. The largest absolute Gasteiger partial charge is 0.465 e.